The molecule has 1 N–H and O–H groups in total. The van der Waals surface area contributed by atoms with Crippen LogP contribution >= 0.6 is 0 Å². The Bertz CT molecular complexity index is 448. The molecule has 0 aromatic heterocycles. The molecule has 0 radical (unpaired) electrons. The summed E-state index contributed by atoms with van der Waals surface area (Å²) in [5.74, 6) is 0.505. The minimum Gasteiger partial charge on any atom is -0.493 e. The largest absolute Gasteiger partial charge is 0.493 e. The third-order valence-electron chi connectivity index (χ3n) is 3.39. The molecule has 0 aliphatic rings. The van der Waals surface area contributed by atoms with E-state index in [9.17, 15) is 4.79 Å². The van der Waals surface area contributed by atoms with Crippen LogP contribution in [0.1, 0.15) is 13.3 Å². The molecule has 5 heteroatoms. The van der Waals surface area contributed by atoms with Gasteiger partial charge in [0.05, 0.1) is 13.7 Å². The number of anilines is 1. The van der Waals surface area contributed by atoms with Crippen LogP contribution in [0, 0.1) is 0 Å². The zero-order valence-electron chi connectivity index (χ0n) is 12.9. The molecular formula is C15H24N2O3. The van der Waals surface area contributed by atoms with Crippen molar-refractivity contribution >= 4 is 11.7 Å². The Morgan fingerprint density at radius 3 is 2.65 bits per heavy atom. The fourth-order valence-corrected chi connectivity index (χ4v) is 1.78. The van der Waals surface area contributed by atoms with E-state index in [1.54, 1.807) is 14.0 Å². The quantitative estimate of drug-likeness (QED) is 0.770. The number of rotatable bonds is 7. The van der Waals surface area contributed by atoms with Crippen LogP contribution in [-0.4, -0.2) is 46.4 Å². The summed E-state index contributed by atoms with van der Waals surface area (Å²) in [6.45, 7) is 2.24. The first kappa shape index (κ1) is 16.3. The third-order valence-corrected chi connectivity index (χ3v) is 3.39. The number of carbonyl (C=O) groups is 1. The maximum Gasteiger partial charge on any atom is 0.325 e. The molecule has 1 aromatic rings. The van der Waals surface area contributed by atoms with Gasteiger partial charge in [-0.3, -0.25) is 4.79 Å². The fraction of sp³-hybridized carbons (Fsp3) is 0.533. The SMILES string of the molecule is CNC(C)(CCOc1cccc(N(C)C)c1)C(=O)OC. The lowest BCUT2D eigenvalue weighted by atomic mass is 9.99. The van der Waals surface area contributed by atoms with Crippen molar-refractivity contribution in [2.24, 2.45) is 0 Å². The van der Waals surface area contributed by atoms with E-state index in [1.165, 1.54) is 7.11 Å². The van der Waals surface area contributed by atoms with Gasteiger partial charge >= 0.3 is 5.97 Å². The van der Waals surface area contributed by atoms with Crippen LogP contribution < -0.4 is 15.0 Å². The molecule has 0 bridgehead atoms. The summed E-state index contributed by atoms with van der Waals surface area (Å²) in [4.78, 5) is 13.7. The van der Waals surface area contributed by atoms with Crippen LogP contribution in [0.3, 0.4) is 0 Å². The second-order valence-electron chi connectivity index (χ2n) is 5.06. The van der Waals surface area contributed by atoms with Gasteiger partial charge in [0, 0.05) is 32.3 Å². The predicted molar refractivity (Wildman–Crippen MR) is 80.4 cm³/mol. The van der Waals surface area contributed by atoms with Crippen molar-refractivity contribution in [2.45, 2.75) is 18.9 Å². The average molecular weight is 280 g/mol. The van der Waals surface area contributed by atoms with E-state index >= 15 is 0 Å². The molecule has 1 rings (SSSR count). The number of nitrogens with zero attached hydrogens (tertiary/aromatic N) is 1. The van der Waals surface area contributed by atoms with Crippen molar-refractivity contribution in [3.63, 3.8) is 0 Å². The maximum absolute atomic E-state index is 11.7. The molecule has 0 saturated heterocycles. The number of ether oxygens (including phenoxy) is 2. The Labute approximate surface area is 120 Å². The van der Waals surface area contributed by atoms with Gasteiger partial charge in [0.1, 0.15) is 11.3 Å². The van der Waals surface area contributed by atoms with E-state index in [-0.39, 0.29) is 5.97 Å². The van der Waals surface area contributed by atoms with Gasteiger partial charge in [-0.15, -0.1) is 0 Å². The number of carbonyl (C=O) groups excluding carboxylic acids is 1. The third kappa shape index (κ3) is 4.13. The molecular weight excluding hydrogens is 256 g/mol. The highest BCUT2D eigenvalue weighted by molar-refractivity contribution is 5.80. The first-order valence-electron chi connectivity index (χ1n) is 6.60. The van der Waals surface area contributed by atoms with Crippen molar-refractivity contribution < 1.29 is 14.3 Å². The average Bonchev–Trinajstić information content (AvgIpc) is 2.46. The lowest BCUT2D eigenvalue weighted by Crippen LogP contribution is -2.49. The maximum atomic E-state index is 11.7. The summed E-state index contributed by atoms with van der Waals surface area (Å²) >= 11 is 0. The van der Waals surface area contributed by atoms with Gasteiger partial charge in [-0.25, -0.2) is 0 Å². The van der Waals surface area contributed by atoms with E-state index < -0.39 is 5.54 Å². The van der Waals surface area contributed by atoms with Gasteiger partial charge in [0.2, 0.25) is 0 Å². The molecule has 1 atom stereocenters. The molecule has 0 aliphatic heterocycles. The second-order valence-corrected chi connectivity index (χ2v) is 5.06. The molecule has 20 heavy (non-hydrogen) atoms. The topological polar surface area (TPSA) is 50.8 Å². The molecule has 0 amide bonds. The molecule has 0 aliphatic carbocycles. The molecule has 0 heterocycles. The summed E-state index contributed by atoms with van der Waals surface area (Å²) < 4.78 is 10.5. The van der Waals surface area contributed by atoms with Crippen molar-refractivity contribution in [3.8, 4) is 5.75 Å². The van der Waals surface area contributed by atoms with E-state index in [0.29, 0.717) is 13.0 Å². The first-order valence-corrected chi connectivity index (χ1v) is 6.60. The first-order chi connectivity index (χ1) is 9.42. The molecule has 5 nitrogen and oxygen atoms in total. The smallest absolute Gasteiger partial charge is 0.325 e. The van der Waals surface area contributed by atoms with Gasteiger partial charge in [-0.2, -0.15) is 0 Å². The number of esters is 1. The Hall–Kier alpha value is -1.75. The van der Waals surface area contributed by atoms with Crippen LogP contribution in [-0.2, 0) is 9.53 Å². The predicted octanol–water partition coefficient (Wildman–Crippen LogP) is 1.67. The lowest BCUT2D eigenvalue weighted by Gasteiger charge is -2.26. The number of nitrogens with one attached hydrogen (secondary N) is 1. The Kier molecular flexibility index (Phi) is 5.82. The highest BCUT2D eigenvalue weighted by Gasteiger charge is 2.32. The highest BCUT2D eigenvalue weighted by Crippen LogP contribution is 2.20. The number of benzene rings is 1. The van der Waals surface area contributed by atoms with Gasteiger partial charge in [-0.05, 0) is 26.1 Å². The van der Waals surface area contributed by atoms with Crippen molar-refractivity contribution in [1.29, 1.82) is 0 Å². The zero-order chi connectivity index (χ0) is 15.2. The van der Waals surface area contributed by atoms with E-state index in [1.807, 2.05) is 43.3 Å². The number of hydrogen-bond donors (Lipinski definition) is 1. The lowest BCUT2D eigenvalue weighted by molar-refractivity contribution is -0.148. The number of hydrogen-bond acceptors (Lipinski definition) is 5. The standard InChI is InChI=1S/C15H24N2O3/c1-15(16-2,14(18)19-5)9-10-20-13-8-6-7-12(11-13)17(3)4/h6-8,11,16H,9-10H2,1-5H3. The molecule has 112 valence electrons. The van der Waals surface area contributed by atoms with Gasteiger partial charge in [0.25, 0.3) is 0 Å². The fourth-order valence-electron chi connectivity index (χ4n) is 1.78. The van der Waals surface area contributed by atoms with Crippen LogP contribution in [0.4, 0.5) is 5.69 Å². The molecule has 1 unspecified atom stereocenters. The second kappa shape index (κ2) is 7.14. The molecule has 0 saturated carbocycles. The Morgan fingerprint density at radius 1 is 1.40 bits per heavy atom. The van der Waals surface area contributed by atoms with Crippen molar-refractivity contribution in [1.82, 2.24) is 5.32 Å². The number of methoxy groups -OCH3 is 1. The minimum absolute atomic E-state index is 0.286. The highest BCUT2D eigenvalue weighted by atomic mass is 16.5. The van der Waals surface area contributed by atoms with E-state index in [0.717, 1.165) is 11.4 Å². The Balaban J connectivity index is 2.59. The summed E-state index contributed by atoms with van der Waals surface area (Å²) in [5, 5.41) is 2.98. The van der Waals surface area contributed by atoms with Gasteiger partial charge < -0.3 is 19.7 Å². The molecule has 1 aromatic carbocycles. The van der Waals surface area contributed by atoms with Crippen LogP contribution in [0.25, 0.3) is 0 Å². The summed E-state index contributed by atoms with van der Waals surface area (Å²) in [6, 6.07) is 7.83. The monoisotopic (exact) mass is 280 g/mol. The normalized spacial score (nSPS) is 13.4. The van der Waals surface area contributed by atoms with Crippen molar-refractivity contribution in [3.05, 3.63) is 24.3 Å². The molecule has 0 fully saturated rings. The number of likely N-dealkylation sites (N-methyl/N-ethyl adjacent to an activating group) is 1. The van der Waals surface area contributed by atoms with E-state index in [4.69, 9.17) is 9.47 Å². The van der Waals surface area contributed by atoms with Crippen molar-refractivity contribution in [2.75, 3.05) is 39.8 Å². The Morgan fingerprint density at radius 2 is 2.10 bits per heavy atom. The zero-order valence-corrected chi connectivity index (χ0v) is 12.9. The van der Waals surface area contributed by atoms with Crippen LogP contribution in [0.5, 0.6) is 5.75 Å². The van der Waals surface area contributed by atoms with Gasteiger partial charge in [-0.1, -0.05) is 6.07 Å². The molecule has 0 spiro atoms. The van der Waals surface area contributed by atoms with E-state index in [2.05, 4.69) is 5.32 Å². The van der Waals surface area contributed by atoms with Gasteiger partial charge in [0.15, 0.2) is 0 Å². The summed E-state index contributed by atoms with van der Waals surface area (Å²) in [6.07, 6.45) is 0.530. The minimum atomic E-state index is -0.728. The summed E-state index contributed by atoms with van der Waals surface area (Å²) in [7, 11) is 7.09. The van der Waals surface area contributed by atoms with Crippen LogP contribution in [0.2, 0.25) is 0 Å². The summed E-state index contributed by atoms with van der Waals surface area (Å²) in [5.41, 5.74) is 0.348. The van der Waals surface area contributed by atoms with Crippen LogP contribution in [0.15, 0.2) is 24.3 Å².